The number of hydrogen-bond donors (Lipinski definition) is 1. The molecule has 0 spiro atoms. The van der Waals surface area contributed by atoms with E-state index in [1.807, 2.05) is 25.1 Å². The highest BCUT2D eigenvalue weighted by atomic mass is 16.5. The Morgan fingerprint density at radius 3 is 2.68 bits per heavy atom. The second kappa shape index (κ2) is 8.57. The van der Waals surface area contributed by atoms with Gasteiger partial charge in [0.2, 0.25) is 0 Å². The lowest BCUT2D eigenvalue weighted by molar-refractivity contribution is -0.147. The van der Waals surface area contributed by atoms with Gasteiger partial charge >= 0.3 is 5.97 Å². The van der Waals surface area contributed by atoms with Crippen molar-refractivity contribution in [2.45, 2.75) is 58.5 Å². The standard InChI is InChI=1S/C16H25NO2/c1-3-4-5-6-9-13(2)19-16(18)12-14-10-7-8-11-15(14)17/h7-8,10-11,13H,3-6,9,12,17H2,1-2H3. The van der Waals surface area contributed by atoms with Crippen LogP contribution in [-0.2, 0) is 16.0 Å². The Kier molecular flexibility index (Phi) is 7.01. The van der Waals surface area contributed by atoms with E-state index in [4.69, 9.17) is 10.5 Å². The van der Waals surface area contributed by atoms with Gasteiger partial charge in [-0.25, -0.2) is 0 Å². The molecule has 1 aromatic rings. The van der Waals surface area contributed by atoms with Gasteiger partial charge in [-0.15, -0.1) is 0 Å². The number of unbranched alkanes of at least 4 members (excludes halogenated alkanes) is 3. The van der Waals surface area contributed by atoms with Crippen molar-refractivity contribution in [3.8, 4) is 0 Å². The van der Waals surface area contributed by atoms with Crippen molar-refractivity contribution in [2.24, 2.45) is 0 Å². The summed E-state index contributed by atoms with van der Waals surface area (Å²) < 4.78 is 5.40. The van der Waals surface area contributed by atoms with E-state index in [-0.39, 0.29) is 18.5 Å². The summed E-state index contributed by atoms with van der Waals surface area (Å²) in [5.41, 5.74) is 7.29. The lowest BCUT2D eigenvalue weighted by atomic mass is 10.1. The first kappa shape index (κ1) is 15.5. The highest BCUT2D eigenvalue weighted by molar-refractivity contribution is 5.74. The fourth-order valence-corrected chi connectivity index (χ4v) is 2.03. The van der Waals surface area contributed by atoms with Crippen LogP contribution in [0.1, 0.15) is 51.5 Å². The van der Waals surface area contributed by atoms with E-state index < -0.39 is 0 Å². The molecule has 0 aliphatic carbocycles. The van der Waals surface area contributed by atoms with Gasteiger partial charge in [-0.3, -0.25) is 4.79 Å². The molecule has 2 N–H and O–H groups in total. The molecule has 0 fully saturated rings. The third kappa shape index (κ3) is 6.27. The van der Waals surface area contributed by atoms with Crippen LogP contribution in [0.5, 0.6) is 0 Å². The molecule has 1 aromatic carbocycles. The van der Waals surface area contributed by atoms with Crippen LogP contribution in [0.15, 0.2) is 24.3 Å². The van der Waals surface area contributed by atoms with E-state index in [9.17, 15) is 4.79 Å². The molecule has 0 aliphatic heterocycles. The van der Waals surface area contributed by atoms with E-state index in [2.05, 4.69) is 6.92 Å². The number of ether oxygens (including phenoxy) is 1. The molecule has 0 saturated carbocycles. The zero-order valence-corrected chi connectivity index (χ0v) is 12.0. The topological polar surface area (TPSA) is 52.3 Å². The van der Waals surface area contributed by atoms with E-state index in [1.54, 1.807) is 6.07 Å². The van der Waals surface area contributed by atoms with Gasteiger partial charge in [0.25, 0.3) is 0 Å². The first-order valence-electron chi connectivity index (χ1n) is 7.16. The van der Waals surface area contributed by atoms with Gasteiger partial charge in [-0.05, 0) is 31.4 Å². The Bertz CT molecular complexity index is 390. The van der Waals surface area contributed by atoms with Crippen molar-refractivity contribution in [3.63, 3.8) is 0 Å². The Morgan fingerprint density at radius 1 is 1.26 bits per heavy atom. The lowest BCUT2D eigenvalue weighted by Gasteiger charge is -2.13. The number of nitrogens with two attached hydrogens (primary N) is 1. The monoisotopic (exact) mass is 263 g/mol. The largest absolute Gasteiger partial charge is 0.462 e. The van der Waals surface area contributed by atoms with Crippen molar-refractivity contribution in [3.05, 3.63) is 29.8 Å². The first-order chi connectivity index (χ1) is 9.13. The molecule has 1 rings (SSSR count). The number of benzene rings is 1. The smallest absolute Gasteiger partial charge is 0.310 e. The van der Waals surface area contributed by atoms with Crippen molar-refractivity contribution >= 4 is 11.7 Å². The second-order valence-electron chi connectivity index (χ2n) is 5.03. The zero-order chi connectivity index (χ0) is 14.1. The fraction of sp³-hybridized carbons (Fsp3) is 0.562. The summed E-state index contributed by atoms with van der Waals surface area (Å²) >= 11 is 0. The highest BCUT2D eigenvalue weighted by Crippen LogP contribution is 2.13. The molecule has 0 saturated heterocycles. The molecule has 0 bridgehead atoms. The predicted molar refractivity (Wildman–Crippen MR) is 78.9 cm³/mol. The molecular formula is C16H25NO2. The van der Waals surface area contributed by atoms with Crippen LogP contribution in [0, 0.1) is 0 Å². The van der Waals surface area contributed by atoms with Crippen LogP contribution in [0.2, 0.25) is 0 Å². The van der Waals surface area contributed by atoms with Crippen molar-refractivity contribution in [2.75, 3.05) is 5.73 Å². The molecule has 0 aromatic heterocycles. The first-order valence-corrected chi connectivity index (χ1v) is 7.16. The predicted octanol–water partition coefficient (Wildman–Crippen LogP) is 3.71. The molecule has 3 nitrogen and oxygen atoms in total. The van der Waals surface area contributed by atoms with Crippen molar-refractivity contribution < 1.29 is 9.53 Å². The number of esters is 1. The minimum atomic E-state index is -0.194. The van der Waals surface area contributed by atoms with Crippen LogP contribution < -0.4 is 5.73 Å². The van der Waals surface area contributed by atoms with Gasteiger partial charge in [-0.1, -0.05) is 44.4 Å². The maximum absolute atomic E-state index is 11.8. The van der Waals surface area contributed by atoms with Gasteiger partial charge in [0, 0.05) is 5.69 Å². The van der Waals surface area contributed by atoms with Crippen molar-refractivity contribution in [1.82, 2.24) is 0 Å². The molecule has 3 heteroatoms. The lowest BCUT2D eigenvalue weighted by Crippen LogP contribution is -2.17. The minimum Gasteiger partial charge on any atom is -0.462 e. The Labute approximate surface area is 116 Å². The fourth-order valence-electron chi connectivity index (χ4n) is 2.03. The van der Waals surface area contributed by atoms with Crippen LogP contribution in [0.25, 0.3) is 0 Å². The summed E-state index contributed by atoms with van der Waals surface area (Å²) in [5, 5.41) is 0. The SMILES string of the molecule is CCCCCCC(C)OC(=O)Cc1ccccc1N. The second-order valence-corrected chi connectivity index (χ2v) is 5.03. The molecule has 19 heavy (non-hydrogen) atoms. The van der Waals surface area contributed by atoms with Crippen molar-refractivity contribution in [1.29, 1.82) is 0 Å². The maximum atomic E-state index is 11.8. The van der Waals surface area contributed by atoms with Crippen LogP contribution in [0.4, 0.5) is 5.69 Å². The number of nitrogen functional groups attached to an aromatic ring is 1. The summed E-state index contributed by atoms with van der Waals surface area (Å²) in [6, 6.07) is 7.41. The molecule has 1 atom stereocenters. The van der Waals surface area contributed by atoms with E-state index >= 15 is 0 Å². The molecule has 1 unspecified atom stereocenters. The van der Waals surface area contributed by atoms with Gasteiger partial charge in [0.05, 0.1) is 12.5 Å². The van der Waals surface area contributed by atoms with Gasteiger partial charge in [-0.2, -0.15) is 0 Å². The molecule has 0 radical (unpaired) electrons. The van der Waals surface area contributed by atoms with Gasteiger partial charge < -0.3 is 10.5 Å². The number of anilines is 1. The summed E-state index contributed by atoms with van der Waals surface area (Å²) in [4.78, 5) is 11.8. The number of carbonyl (C=O) groups is 1. The van der Waals surface area contributed by atoms with E-state index in [0.717, 1.165) is 18.4 Å². The van der Waals surface area contributed by atoms with Gasteiger partial charge in [0.15, 0.2) is 0 Å². The normalized spacial score (nSPS) is 12.1. The molecule has 0 amide bonds. The number of hydrogen-bond acceptors (Lipinski definition) is 3. The van der Waals surface area contributed by atoms with E-state index in [1.165, 1.54) is 19.3 Å². The maximum Gasteiger partial charge on any atom is 0.310 e. The summed E-state index contributed by atoms with van der Waals surface area (Å²) in [6.45, 7) is 4.14. The molecule has 106 valence electrons. The van der Waals surface area contributed by atoms with Gasteiger partial charge in [0.1, 0.15) is 0 Å². The molecule has 0 aliphatic rings. The summed E-state index contributed by atoms with van der Waals surface area (Å²) in [7, 11) is 0. The minimum absolute atomic E-state index is 0.00528. The molecule has 0 heterocycles. The van der Waals surface area contributed by atoms with E-state index in [0.29, 0.717) is 5.69 Å². The average molecular weight is 263 g/mol. The van der Waals surface area contributed by atoms with Crippen LogP contribution in [-0.4, -0.2) is 12.1 Å². The summed E-state index contributed by atoms with van der Waals surface area (Å²) in [6.07, 6.45) is 6.00. The highest BCUT2D eigenvalue weighted by Gasteiger charge is 2.11. The third-order valence-electron chi connectivity index (χ3n) is 3.19. The quantitative estimate of drug-likeness (QED) is 0.442. The summed E-state index contributed by atoms with van der Waals surface area (Å²) in [5.74, 6) is -0.194. The Morgan fingerprint density at radius 2 is 2.00 bits per heavy atom. The Balaban J connectivity index is 2.29. The zero-order valence-electron chi connectivity index (χ0n) is 12.0. The van der Waals surface area contributed by atoms with Crippen LogP contribution >= 0.6 is 0 Å². The number of carbonyl (C=O) groups excluding carboxylic acids is 1. The average Bonchev–Trinajstić information content (AvgIpc) is 2.37. The van der Waals surface area contributed by atoms with Crippen LogP contribution in [0.3, 0.4) is 0 Å². The third-order valence-corrected chi connectivity index (χ3v) is 3.19. The number of para-hydroxylation sites is 1. The number of rotatable bonds is 8. The Hall–Kier alpha value is -1.51. The molecular weight excluding hydrogens is 238 g/mol.